The van der Waals surface area contributed by atoms with Crippen molar-refractivity contribution in [1.82, 2.24) is 0 Å². The summed E-state index contributed by atoms with van der Waals surface area (Å²) in [6.45, 7) is 0.644. The molecule has 0 atom stereocenters. The zero-order valence-corrected chi connectivity index (χ0v) is 8.06. The lowest BCUT2D eigenvalue weighted by atomic mass is 10.2. The summed E-state index contributed by atoms with van der Waals surface area (Å²) >= 11 is 1.38. The predicted octanol–water partition coefficient (Wildman–Crippen LogP) is 2.49. The monoisotopic (exact) mass is 184 g/mol. The third kappa shape index (κ3) is 2.75. The summed E-state index contributed by atoms with van der Waals surface area (Å²) < 4.78 is 10.2. The fraction of sp³-hybridized carbons (Fsp3) is 0.333. The Kier molecular flexibility index (Phi) is 3.97. The highest BCUT2D eigenvalue weighted by Gasteiger charge is 1.93. The third-order valence-electron chi connectivity index (χ3n) is 1.50. The molecule has 12 heavy (non-hydrogen) atoms. The Balaban J connectivity index is 2.53. The van der Waals surface area contributed by atoms with E-state index in [9.17, 15) is 0 Å². The molecule has 1 aromatic carbocycles. The van der Waals surface area contributed by atoms with Crippen molar-refractivity contribution in [1.29, 1.82) is 0 Å². The summed E-state index contributed by atoms with van der Waals surface area (Å²) in [6, 6.07) is 7.85. The van der Waals surface area contributed by atoms with Crippen LogP contribution in [0.1, 0.15) is 5.56 Å². The predicted molar refractivity (Wildman–Crippen MR) is 51.3 cm³/mol. The van der Waals surface area contributed by atoms with Crippen LogP contribution in [0.25, 0.3) is 0 Å². The van der Waals surface area contributed by atoms with Crippen molar-refractivity contribution in [3.63, 3.8) is 0 Å². The molecule has 0 spiro atoms. The van der Waals surface area contributed by atoms with Crippen molar-refractivity contribution in [3.05, 3.63) is 29.8 Å². The molecule has 2 nitrogen and oxygen atoms in total. The Labute approximate surface area is 77.1 Å². The number of rotatable bonds is 4. The number of ether oxygens (including phenoxy) is 1. The maximum Gasteiger partial charge on any atom is 0.118 e. The first kappa shape index (κ1) is 9.42. The van der Waals surface area contributed by atoms with Gasteiger partial charge in [0.25, 0.3) is 0 Å². The van der Waals surface area contributed by atoms with E-state index in [2.05, 4.69) is 0 Å². The van der Waals surface area contributed by atoms with E-state index in [-0.39, 0.29) is 0 Å². The van der Waals surface area contributed by atoms with Crippen LogP contribution in [0.4, 0.5) is 0 Å². The van der Waals surface area contributed by atoms with Crippen molar-refractivity contribution >= 4 is 12.0 Å². The van der Waals surface area contributed by atoms with E-state index in [4.69, 9.17) is 8.92 Å². The quantitative estimate of drug-likeness (QED) is 0.670. The molecule has 1 aromatic rings. The van der Waals surface area contributed by atoms with Gasteiger partial charge in [-0.3, -0.25) is 0 Å². The van der Waals surface area contributed by atoms with E-state index >= 15 is 0 Å². The number of hydrogen-bond acceptors (Lipinski definition) is 3. The number of benzene rings is 1. The maximum absolute atomic E-state index is 5.17. The van der Waals surface area contributed by atoms with Gasteiger partial charge in [0.05, 0.1) is 13.7 Å². The second-order valence-corrected chi connectivity index (χ2v) is 2.85. The van der Waals surface area contributed by atoms with Crippen LogP contribution in [0.2, 0.25) is 0 Å². The molecule has 0 fully saturated rings. The highest BCUT2D eigenvalue weighted by molar-refractivity contribution is 7.93. The Bertz CT molecular complexity index is 220. The molecule has 3 heteroatoms. The van der Waals surface area contributed by atoms with Gasteiger partial charge < -0.3 is 8.92 Å². The van der Waals surface area contributed by atoms with Gasteiger partial charge in [0.15, 0.2) is 0 Å². The standard InChI is InChI=1S/C9H12O2S/c1-10-9-5-3-8(4-6-9)7-11-12-2/h3-6H,7H2,1-2H3. The molecule has 0 aliphatic rings. The van der Waals surface area contributed by atoms with Crippen LogP contribution in [0.3, 0.4) is 0 Å². The van der Waals surface area contributed by atoms with Gasteiger partial charge in [0.2, 0.25) is 0 Å². The first-order valence-electron chi connectivity index (χ1n) is 3.65. The molecule has 0 aliphatic carbocycles. The van der Waals surface area contributed by atoms with Crippen LogP contribution in [0.15, 0.2) is 24.3 Å². The van der Waals surface area contributed by atoms with Gasteiger partial charge in [-0.1, -0.05) is 12.1 Å². The lowest BCUT2D eigenvalue weighted by Crippen LogP contribution is -1.86. The van der Waals surface area contributed by atoms with Gasteiger partial charge in [-0.25, -0.2) is 0 Å². The molecule has 0 bridgehead atoms. The molecule has 66 valence electrons. The minimum Gasteiger partial charge on any atom is -0.497 e. The van der Waals surface area contributed by atoms with E-state index in [1.54, 1.807) is 7.11 Å². The maximum atomic E-state index is 5.17. The lowest BCUT2D eigenvalue weighted by molar-refractivity contribution is 0.365. The summed E-state index contributed by atoms with van der Waals surface area (Å²) in [6.07, 6.45) is 1.91. The fourth-order valence-corrected chi connectivity index (χ4v) is 1.10. The van der Waals surface area contributed by atoms with Crippen molar-refractivity contribution in [2.45, 2.75) is 6.61 Å². The van der Waals surface area contributed by atoms with Crippen LogP contribution in [0, 0.1) is 0 Å². The molecular weight excluding hydrogens is 172 g/mol. The largest absolute Gasteiger partial charge is 0.497 e. The van der Waals surface area contributed by atoms with Gasteiger partial charge in [-0.15, -0.1) is 0 Å². The first-order valence-corrected chi connectivity index (χ1v) is 4.80. The third-order valence-corrected chi connectivity index (χ3v) is 1.86. The summed E-state index contributed by atoms with van der Waals surface area (Å²) in [4.78, 5) is 0. The molecular formula is C9H12O2S. The Hall–Kier alpha value is -0.670. The average Bonchev–Trinajstić information content (AvgIpc) is 2.15. The van der Waals surface area contributed by atoms with Gasteiger partial charge >= 0.3 is 0 Å². The Morgan fingerprint density at radius 3 is 2.42 bits per heavy atom. The molecule has 0 aromatic heterocycles. The molecule has 0 saturated carbocycles. The normalized spacial score (nSPS) is 9.83. The van der Waals surface area contributed by atoms with Crippen molar-refractivity contribution in [2.75, 3.05) is 13.4 Å². The van der Waals surface area contributed by atoms with Crippen molar-refractivity contribution in [3.8, 4) is 5.75 Å². The first-order chi connectivity index (χ1) is 5.86. The van der Waals surface area contributed by atoms with Gasteiger partial charge in [-0.2, -0.15) is 0 Å². The molecule has 0 aliphatic heterocycles. The molecule has 0 amide bonds. The topological polar surface area (TPSA) is 18.5 Å². The average molecular weight is 184 g/mol. The summed E-state index contributed by atoms with van der Waals surface area (Å²) in [7, 11) is 1.66. The van der Waals surface area contributed by atoms with Crippen molar-refractivity contribution < 1.29 is 8.92 Å². The molecule has 0 radical (unpaired) electrons. The van der Waals surface area contributed by atoms with E-state index in [0.29, 0.717) is 6.61 Å². The molecule has 0 unspecified atom stereocenters. The zero-order valence-electron chi connectivity index (χ0n) is 7.24. The summed E-state index contributed by atoms with van der Waals surface area (Å²) in [5, 5.41) is 0. The fourth-order valence-electron chi connectivity index (χ4n) is 0.849. The lowest BCUT2D eigenvalue weighted by Gasteiger charge is -2.02. The number of methoxy groups -OCH3 is 1. The van der Waals surface area contributed by atoms with Crippen molar-refractivity contribution in [2.24, 2.45) is 0 Å². The van der Waals surface area contributed by atoms with E-state index < -0.39 is 0 Å². The minimum atomic E-state index is 0.644. The molecule has 0 saturated heterocycles. The van der Waals surface area contributed by atoms with Gasteiger partial charge in [0.1, 0.15) is 5.75 Å². The molecule has 0 heterocycles. The molecule has 1 rings (SSSR count). The van der Waals surface area contributed by atoms with E-state index in [1.165, 1.54) is 12.0 Å². The van der Waals surface area contributed by atoms with Crippen LogP contribution in [0.5, 0.6) is 5.75 Å². The van der Waals surface area contributed by atoms with Crippen LogP contribution in [-0.4, -0.2) is 13.4 Å². The van der Waals surface area contributed by atoms with Crippen LogP contribution < -0.4 is 4.74 Å². The second-order valence-electron chi connectivity index (χ2n) is 2.28. The Morgan fingerprint density at radius 1 is 1.25 bits per heavy atom. The zero-order chi connectivity index (χ0) is 8.81. The van der Waals surface area contributed by atoms with E-state index in [0.717, 1.165) is 11.3 Å². The highest BCUT2D eigenvalue weighted by atomic mass is 32.2. The summed E-state index contributed by atoms with van der Waals surface area (Å²) in [5.74, 6) is 0.878. The minimum absolute atomic E-state index is 0.644. The SMILES string of the molecule is COc1ccc(COSC)cc1. The van der Waals surface area contributed by atoms with E-state index in [1.807, 2.05) is 30.5 Å². The summed E-state index contributed by atoms with van der Waals surface area (Å²) in [5.41, 5.74) is 1.16. The Morgan fingerprint density at radius 2 is 1.92 bits per heavy atom. The van der Waals surface area contributed by atoms with Gasteiger partial charge in [0, 0.05) is 6.26 Å². The number of hydrogen-bond donors (Lipinski definition) is 0. The van der Waals surface area contributed by atoms with Gasteiger partial charge in [-0.05, 0) is 29.7 Å². The van der Waals surface area contributed by atoms with Crippen LogP contribution in [-0.2, 0) is 10.8 Å². The molecule has 0 N–H and O–H groups in total. The van der Waals surface area contributed by atoms with Crippen LogP contribution >= 0.6 is 12.0 Å². The smallest absolute Gasteiger partial charge is 0.118 e. The highest BCUT2D eigenvalue weighted by Crippen LogP contribution is 2.13. The second kappa shape index (κ2) is 5.06.